The summed E-state index contributed by atoms with van der Waals surface area (Å²) < 4.78 is 1.97. The third-order valence-electron chi connectivity index (χ3n) is 3.70. The predicted molar refractivity (Wildman–Crippen MR) is 66.2 cm³/mol. The van der Waals surface area contributed by atoms with E-state index in [-0.39, 0.29) is 5.54 Å². The summed E-state index contributed by atoms with van der Waals surface area (Å²) in [5.41, 5.74) is 8.16. The largest absolute Gasteiger partial charge is 0.325 e. The third-order valence-corrected chi connectivity index (χ3v) is 3.70. The monoisotopic (exact) mass is 221 g/mol. The standard InChI is InChI=1S/C13H23N3/c1-4-16-9-11(8-15-16)7-13(14)6-5-12(2,3)10-13/h8-9H,4-7,10,14H2,1-3H3. The molecule has 1 unspecified atom stereocenters. The van der Waals surface area contributed by atoms with Crippen LogP contribution < -0.4 is 5.73 Å². The highest BCUT2D eigenvalue weighted by molar-refractivity contribution is 5.12. The number of aromatic nitrogens is 2. The van der Waals surface area contributed by atoms with Gasteiger partial charge in [0.25, 0.3) is 0 Å². The van der Waals surface area contributed by atoms with Crippen molar-refractivity contribution in [3.63, 3.8) is 0 Å². The molecule has 0 radical (unpaired) electrons. The van der Waals surface area contributed by atoms with Crippen LogP contribution in [-0.4, -0.2) is 15.3 Å². The molecule has 0 aliphatic heterocycles. The Morgan fingerprint density at radius 2 is 2.19 bits per heavy atom. The summed E-state index contributed by atoms with van der Waals surface area (Å²) in [6, 6.07) is 0. The van der Waals surface area contributed by atoms with Gasteiger partial charge in [0.15, 0.2) is 0 Å². The molecule has 0 amide bonds. The van der Waals surface area contributed by atoms with Crippen molar-refractivity contribution < 1.29 is 0 Å². The highest BCUT2D eigenvalue weighted by atomic mass is 15.3. The molecule has 1 atom stereocenters. The average Bonchev–Trinajstić information content (AvgIpc) is 2.71. The molecular weight excluding hydrogens is 198 g/mol. The fraction of sp³-hybridized carbons (Fsp3) is 0.769. The van der Waals surface area contributed by atoms with Gasteiger partial charge in [0.05, 0.1) is 6.20 Å². The number of hydrogen-bond donors (Lipinski definition) is 1. The van der Waals surface area contributed by atoms with Gasteiger partial charge in [-0.1, -0.05) is 13.8 Å². The van der Waals surface area contributed by atoms with E-state index in [2.05, 4.69) is 32.1 Å². The number of hydrogen-bond acceptors (Lipinski definition) is 2. The molecule has 3 nitrogen and oxygen atoms in total. The average molecular weight is 221 g/mol. The van der Waals surface area contributed by atoms with Crippen molar-refractivity contribution in [3.05, 3.63) is 18.0 Å². The van der Waals surface area contributed by atoms with Crippen molar-refractivity contribution in [1.29, 1.82) is 0 Å². The summed E-state index contributed by atoms with van der Waals surface area (Å²) in [6.07, 6.45) is 8.56. The second kappa shape index (κ2) is 3.88. The second-order valence-electron chi connectivity index (χ2n) is 6.08. The first-order chi connectivity index (χ1) is 7.42. The minimum absolute atomic E-state index is 0.00882. The Bertz CT molecular complexity index is 367. The van der Waals surface area contributed by atoms with Crippen LogP contribution >= 0.6 is 0 Å². The molecule has 0 saturated heterocycles. The van der Waals surface area contributed by atoms with E-state index in [0.29, 0.717) is 5.41 Å². The molecule has 1 fully saturated rings. The van der Waals surface area contributed by atoms with Crippen molar-refractivity contribution in [2.45, 2.75) is 58.5 Å². The lowest BCUT2D eigenvalue weighted by Crippen LogP contribution is -2.39. The Balaban J connectivity index is 2.04. The number of aryl methyl sites for hydroxylation is 1. The maximum absolute atomic E-state index is 6.48. The Kier molecular flexibility index (Phi) is 2.82. The van der Waals surface area contributed by atoms with Crippen LogP contribution in [0.5, 0.6) is 0 Å². The van der Waals surface area contributed by atoms with Crippen LogP contribution in [0.2, 0.25) is 0 Å². The molecule has 16 heavy (non-hydrogen) atoms. The molecule has 1 aromatic heterocycles. The van der Waals surface area contributed by atoms with Crippen LogP contribution in [0.1, 0.15) is 45.6 Å². The molecule has 0 spiro atoms. The summed E-state index contributed by atoms with van der Waals surface area (Å²) in [4.78, 5) is 0. The molecule has 3 heteroatoms. The van der Waals surface area contributed by atoms with Gasteiger partial charge in [-0.05, 0) is 43.6 Å². The van der Waals surface area contributed by atoms with Crippen molar-refractivity contribution >= 4 is 0 Å². The fourth-order valence-corrected chi connectivity index (χ4v) is 2.95. The molecule has 2 rings (SSSR count). The van der Waals surface area contributed by atoms with E-state index in [1.807, 2.05) is 10.9 Å². The molecule has 2 N–H and O–H groups in total. The minimum Gasteiger partial charge on any atom is -0.325 e. The zero-order valence-electron chi connectivity index (χ0n) is 10.7. The SMILES string of the molecule is CCn1cc(CC2(N)CCC(C)(C)C2)cn1. The van der Waals surface area contributed by atoms with E-state index < -0.39 is 0 Å². The van der Waals surface area contributed by atoms with E-state index in [1.54, 1.807) is 0 Å². The first-order valence-electron chi connectivity index (χ1n) is 6.23. The van der Waals surface area contributed by atoms with Crippen LogP contribution in [-0.2, 0) is 13.0 Å². The number of nitrogens with two attached hydrogens (primary N) is 1. The van der Waals surface area contributed by atoms with Crippen LogP contribution in [0.25, 0.3) is 0 Å². The Morgan fingerprint density at radius 1 is 1.44 bits per heavy atom. The summed E-state index contributed by atoms with van der Waals surface area (Å²) in [7, 11) is 0. The smallest absolute Gasteiger partial charge is 0.0522 e. The van der Waals surface area contributed by atoms with Gasteiger partial charge in [0, 0.05) is 18.3 Å². The van der Waals surface area contributed by atoms with E-state index in [0.717, 1.165) is 25.8 Å². The minimum atomic E-state index is -0.00882. The van der Waals surface area contributed by atoms with Crippen molar-refractivity contribution in [2.75, 3.05) is 0 Å². The zero-order valence-corrected chi connectivity index (χ0v) is 10.7. The van der Waals surface area contributed by atoms with E-state index in [9.17, 15) is 0 Å². The highest BCUT2D eigenvalue weighted by Crippen LogP contribution is 2.43. The summed E-state index contributed by atoms with van der Waals surface area (Å²) >= 11 is 0. The van der Waals surface area contributed by atoms with Gasteiger partial charge in [-0.2, -0.15) is 5.10 Å². The molecule has 1 heterocycles. The third kappa shape index (κ3) is 2.46. The molecular formula is C13H23N3. The summed E-state index contributed by atoms with van der Waals surface area (Å²) in [5, 5.41) is 4.31. The van der Waals surface area contributed by atoms with Crippen molar-refractivity contribution in [3.8, 4) is 0 Å². The number of rotatable bonds is 3. The van der Waals surface area contributed by atoms with Crippen molar-refractivity contribution in [1.82, 2.24) is 9.78 Å². The van der Waals surface area contributed by atoms with E-state index in [1.165, 1.54) is 12.0 Å². The van der Waals surface area contributed by atoms with Gasteiger partial charge in [-0.25, -0.2) is 0 Å². The molecule has 1 aromatic rings. The summed E-state index contributed by atoms with van der Waals surface area (Å²) in [5.74, 6) is 0. The molecule has 1 aliphatic rings. The molecule has 90 valence electrons. The van der Waals surface area contributed by atoms with Crippen LogP contribution in [0.15, 0.2) is 12.4 Å². The zero-order chi connectivity index (χ0) is 11.8. The molecule has 0 aromatic carbocycles. The second-order valence-corrected chi connectivity index (χ2v) is 6.08. The molecule has 1 aliphatic carbocycles. The van der Waals surface area contributed by atoms with E-state index in [4.69, 9.17) is 5.73 Å². The predicted octanol–water partition coefficient (Wildman–Crippen LogP) is 2.35. The Labute approximate surface area is 98.0 Å². The van der Waals surface area contributed by atoms with E-state index >= 15 is 0 Å². The first-order valence-corrected chi connectivity index (χ1v) is 6.23. The van der Waals surface area contributed by atoms with Crippen LogP contribution in [0.3, 0.4) is 0 Å². The van der Waals surface area contributed by atoms with Gasteiger partial charge in [0.1, 0.15) is 0 Å². The first kappa shape index (κ1) is 11.6. The fourth-order valence-electron chi connectivity index (χ4n) is 2.95. The lowest BCUT2D eigenvalue weighted by molar-refractivity contribution is 0.334. The lowest BCUT2D eigenvalue weighted by atomic mass is 9.85. The topological polar surface area (TPSA) is 43.8 Å². The van der Waals surface area contributed by atoms with Crippen LogP contribution in [0.4, 0.5) is 0 Å². The van der Waals surface area contributed by atoms with Crippen LogP contribution in [0, 0.1) is 5.41 Å². The maximum Gasteiger partial charge on any atom is 0.0522 e. The van der Waals surface area contributed by atoms with Gasteiger partial charge in [-0.15, -0.1) is 0 Å². The van der Waals surface area contributed by atoms with Gasteiger partial charge in [-0.3, -0.25) is 4.68 Å². The summed E-state index contributed by atoms with van der Waals surface area (Å²) in [6.45, 7) is 7.67. The lowest BCUT2D eigenvalue weighted by Gasteiger charge is -2.25. The molecule has 0 bridgehead atoms. The highest BCUT2D eigenvalue weighted by Gasteiger charge is 2.40. The normalized spacial score (nSPS) is 28.5. The maximum atomic E-state index is 6.48. The molecule has 1 saturated carbocycles. The quantitative estimate of drug-likeness (QED) is 0.851. The Morgan fingerprint density at radius 3 is 2.69 bits per heavy atom. The number of nitrogens with zero attached hydrogens (tertiary/aromatic N) is 2. The van der Waals surface area contributed by atoms with Gasteiger partial charge >= 0.3 is 0 Å². The van der Waals surface area contributed by atoms with Crippen molar-refractivity contribution in [2.24, 2.45) is 11.1 Å². The van der Waals surface area contributed by atoms with Gasteiger partial charge < -0.3 is 5.73 Å². The Hall–Kier alpha value is -0.830. The van der Waals surface area contributed by atoms with Gasteiger partial charge in [0.2, 0.25) is 0 Å².